The first-order chi connectivity index (χ1) is 12.0. The summed E-state index contributed by atoms with van der Waals surface area (Å²) >= 11 is 12.8. The fourth-order valence-corrected chi connectivity index (χ4v) is 4.10. The lowest BCUT2D eigenvalue weighted by molar-refractivity contribution is -0.141. The van der Waals surface area contributed by atoms with E-state index in [9.17, 15) is 22.8 Å². The lowest BCUT2D eigenvalue weighted by atomic mass is 9.94. The van der Waals surface area contributed by atoms with E-state index in [0.717, 1.165) is 23.9 Å². The number of benzene rings is 1. The molecule has 1 aliphatic rings. The highest BCUT2D eigenvalue weighted by molar-refractivity contribution is 8.01. The molecular weight excluding hydrogens is 412 g/mol. The lowest BCUT2D eigenvalue weighted by Crippen LogP contribution is -2.49. The van der Waals surface area contributed by atoms with Crippen molar-refractivity contribution in [2.75, 3.05) is 29.6 Å². The van der Waals surface area contributed by atoms with Gasteiger partial charge >= 0.3 is 6.18 Å². The first-order valence-corrected chi connectivity index (χ1v) is 9.66. The quantitative estimate of drug-likeness (QED) is 0.665. The molecule has 10 heteroatoms. The Morgan fingerprint density at radius 2 is 1.96 bits per heavy atom. The van der Waals surface area contributed by atoms with Crippen LogP contribution in [0.4, 0.5) is 18.9 Å². The molecule has 0 saturated carbocycles. The summed E-state index contributed by atoms with van der Waals surface area (Å²) in [5.41, 5.74) is -1.72. The Bertz CT molecular complexity index is 698. The predicted octanol–water partition coefficient (Wildman–Crippen LogP) is 4.01. The van der Waals surface area contributed by atoms with Gasteiger partial charge in [-0.3, -0.25) is 9.59 Å². The smallest absolute Gasteiger partial charge is 0.324 e. The molecule has 2 amide bonds. The molecule has 1 aromatic carbocycles. The van der Waals surface area contributed by atoms with Crippen LogP contribution in [0.3, 0.4) is 0 Å². The minimum absolute atomic E-state index is 0.0113. The van der Waals surface area contributed by atoms with Crippen LogP contribution in [0, 0.1) is 5.41 Å². The minimum atomic E-state index is -4.50. The Hall–Kier alpha value is -1.12. The molecule has 1 aliphatic heterocycles. The van der Waals surface area contributed by atoms with E-state index in [1.807, 2.05) is 0 Å². The van der Waals surface area contributed by atoms with E-state index in [4.69, 9.17) is 23.2 Å². The van der Waals surface area contributed by atoms with Crippen LogP contribution >= 0.6 is 35.0 Å². The number of carbonyl (C=O) groups is 2. The molecule has 1 unspecified atom stereocenters. The van der Waals surface area contributed by atoms with E-state index in [1.165, 1.54) is 29.0 Å². The Labute approximate surface area is 163 Å². The van der Waals surface area contributed by atoms with Gasteiger partial charge in [-0.2, -0.15) is 13.2 Å². The molecule has 0 aromatic heterocycles. The van der Waals surface area contributed by atoms with Crippen molar-refractivity contribution < 1.29 is 22.8 Å². The largest absolute Gasteiger partial charge is 0.416 e. The molecule has 1 heterocycles. The Morgan fingerprint density at radius 1 is 1.35 bits per heavy atom. The second-order valence-corrected chi connectivity index (χ2v) is 7.78. The number of hydrogen-bond acceptors (Lipinski definition) is 3. The maximum absolute atomic E-state index is 12.9. The third-order valence-corrected chi connectivity index (χ3v) is 6.52. The molecule has 144 valence electrons. The number of alkyl halides is 5. The van der Waals surface area contributed by atoms with Crippen molar-refractivity contribution in [2.24, 2.45) is 5.41 Å². The van der Waals surface area contributed by atoms with Crippen LogP contribution in [-0.4, -0.2) is 46.8 Å². The summed E-state index contributed by atoms with van der Waals surface area (Å²) < 4.78 is 38.7. The predicted molar refractivity (Wildman–Crippen MR) is 97.5 cm³/mol. The van der Waals surface area contributed by atoms with Gasteiger partial charge in [-0.05, 0) is 25.1 Å². The Balaban J connectivity index is 2.21. The van der Waals surface area contributed by atoms with Crippen molar-refractivity contribution in [3.8, 4) is 0 Å². The normalized spacial score (nSPS) is 18.3. The highest BCUT2D eigenvalue weighted by Crippen LogP contribution is 2.36. The number of anilines is 1. The summed E-state index contributed by atoms with van der Waals surface area (Å²) in [5, 5.41) is -0.845. The van der Waals surface area contributed by atoms with Crippen molar-refractivity contribution >= 4 is 52.5 Å². The van der Waals surface area contributed by atoms with Crippen molar-refractivity contribution in [3.05, 3.63) is 29.8 Å². The minimum Gasteiger partial charge on any atom is -0.324 e. The zero-order valence-corrected chi connectivity index (χ0v) is 16.3. The van der Waals surface area contributed by atoms with Gasteiger partial charge in [0.05, 0.1) is 16.9 Å². The average Bonchev–Trinajstić information content (AvgIpc) is 3.00. The fourth-order valence-electron chi connectivity index (χ4n) is 2.43. The molecule has 1 aromatic rings. The summed E-state index contributed by atoms with van der Waals surface area (Å²) in [4.78, 5) is 27.8. The standard InChI is InChI=1S/C16H17Cl2F3N2O2S/c1-15(7-17,8-18)14(25)22(2)13-12(24)23(9-26-13)11-5-3-4-10(6-11)16(19,20)21/h3-6,13H,7-9H2,1-2H3. The number of amides is 2. The van der Waals surface area contributed by atoms with Crippen LogP contribution in [0.1, 0.15) is 12.5 Å². The van der Waals surface area contributed by atoms with Gasteiger partial charge in [-0.15, -0.1) is 35.0 Å². The van der Waals surface area contributed by atoms with Gasteiger partial charge in [-0.1, -0.05) is 6.07 Å². The van der Waals surface area contributed by atoms with E-state index >= 15 is 0 Å². The van der Waals surface area contributed by atoms with Crippen molar-refractivity contribution in [1.29, 1.82) is 0 Å². The average molecular weight is 429 g/mol. The van der Waals surface area contributed by atoms with Crippen LogP contribution in [0.2, 0.25) is 0 Å². The first kappa shape index (κ1) is 21.2. The van der Waals surface area contributed by atoms with Gasteiger partial charge in [0.1, 0.15) is 0 Å². The second-order valence-electron chi connectivity index (χ2n) is 6.21. The van der Waals surface area contributed by atoms with Crippen LogP contribution < -0.4 is 4.90 Å². The maximum atomic E-state index is 12.9. The van der Waals surface area contributed by atoms with Gasteiger partial charge < -0.3 is 9.80 Å². The van der Waals surface area contributed by atoms with Crippen LogP contribution in [-0.2, 0) is 15.8 Å². The van der Waals surface area contributed by atoms with Crippen LogP contribution in [0.5, 0.6) is 0 Å². The molecule has 0 spiro atoms. The molecule has 1 fully saturated rings. The molecule has 0 N–H and O–H groups in total. The highest BCUT2D eigenvalue weighted by Gasteiger charge is 2.43. The molecule has 1 saturated heterocycles. The highest BCUT2D eigenvalue weighted by atomic mass is 35.5. The van der Waals surface area contributed by atoms with Crippen molar-refractivity contribution in [1.82, 2.24) is 4.90 Å². The second kappa shape index (κ2) is 7.86. The van der Waals surface area contributed by atoms with Crippen molar-refractivity contribution in [2.45, 2.75) is 18.5 Å². The molecule has 0 bridgehead atoms. The third-order valence-electron chi connectivity index (χ3n) is 4.10. The number of thioether (sulfide) groups is 1. The summed E-state index contributed by atoms with van der Waals surface area (Å²) in [7, 11) is 1.46. The van der Waals surface area contributed by atoms with Gasteiger partial charge in [0.25, 0.3) is 5.91 Å². The van der Waals surface area contributed by atoms with E-state index in [-0.39, 0.29) is 29.2 Å². The van der Waals surface area contributed by atoms with Gasteiger partial charge in [0.15, 0.2) is 5.37 Å². The van der Waals surface area contributed by atoms with E-state index in [0.29, 0.717) is 0 Å². The monoisotopic (exact) mass is 428 g/mol. The zero-order valence-electron chi connectivity index (χ0n) is 14.0. The SMILES string of the molecule is CN(C(=O)C(C)(CCl)CCl)C1SCN(c2cccc(C(F)(F)F)c2)C1=O. The van der Waals surface area contributed by atoms with Crippen molar-refractivity contribution in [3.63, 3.8) is 0 Å². The van der Waals surface area contributed by atoms with E-state index in [2.05, 4.69) is 0 Å². The van der Waals surface area contributed by atoms with Crippen LogP contribution in [0.25, 0.3) is 0 Å². The summed E-state index contributed by atoms with van der Waals surface area (Å²) in [6.07, 6.45) is -4.50. The topological polar surface area (TPSA) is 40.6 Å². The number of nitrogens with zero attached hydrogens (tertiary/aromatic N) is 2. The molecule has 1 atom stereocenters. The molecule has 0 radical (unpaired) electrons. The number of carbonyl (C=O) groups excluding carboxylic acids is 2. The van der Waals surface area contributed by atoms with Gasteiger partial charge in [-0.25, -0.2) is 0 Å². The van der Waals surface area contributed by atoms with Gasteiger partial charge in [0.2, 0.25) is 5.91 Å². The first-order valence-electron chi connectivity index (χ1n) is 7.54. The van der Waals surface area contributed by atoms with E-state index < -0.39 is 28.4 Å². The number of halogens is 5. The number of likely N-dealkylation sites (N-methyl/N-ethyl adjacent to an activating group) is 1. The number of rotatable bonds is 5. The van der Waals surface area contributed by atoms with Gasteiger partial charge in [0, 0.05) is 24.5 Å². The molecule has 2 rings (SSSR count). The summed E-state index contributed by atoms with van der Waals surface area (Å²) in [6, 6.07) is 4.54. The molecule has 26 heavy (non-hydrogen) atoms. The number of hydrogen-bond donors (Lipinski definition) is 0. The molecule has 4 nitrogen and oxygen atoms in total. The summed E-state index contributed by atoms with van der Waals surface area (Å²) in [5.74, 6) is -0.734. The Kier molecular flexibility index (Phi) is 6.40. The Morgan fingerprint density at radius 3 is 2.50 bits per heavy atom. The fraction of sp³-hybridized carbons (Fsp3) is 0.500. The summed E-state index contributed by atoms with van der Waals surface area (Å²) in [6.45, 7) is 1.60. The molecule has 0 aliphatic carbocycles. The van der Waals surface area contributed by atoms with E-state index in [1.54, 1.807) is 6.92 Å². The zero-order chi connectivity index (χ0) is 19.7. The lowest BCUT2D eigenvalue weighted by Gasteiger charge is -2.31. The third kappa shape index (κ3) is 4.07. The maximum Gasteiger partial charge on any atom is 0.416 e. The van der Waals surface area contributed by atoms with Crippen LogP contribution in [0.15, 0.2) is 24.3 Å². The molecular formula is C16H17Cl2F3N2O2S.